The molecule has 0 bridgehead atoms. The molecule has 0 aromatic heterocycles. The molecular formula is C12H20N2O. The van der Waals surface area contributed by atoms with Crippen LogP contribution in [0, 0.1) is 17.8 Å². The average Bonchev–Trinajstić information content (AvgIpc) is 2.20. The Morgan fingerprint density at radius 2 is 2.33 bits per heavy atom. The molecule has 1 rings (SSSR count). The Hall–Kier alpha value is -1.01. The molecule has 84 valence electrons. The lowest BCUT2D eigenvalue weighted by molar-refractivity contribution is -0.125. The van der Waals surface area contributed by atoms with Gasteiger partial charge in [0, 0.05) is 6.42 Å². The van der Waals surface area contributed by atoms with Crippen molar-refractivity contribution < 1.29 is 4.79 Å². The maximum atomic E-state index is 11.7. The van der Waals surface area contributed by atoms with E-state index in [4.69, 9.17) is 12.2 Å². The van der Waals surface area contributed by atoms with Crippen LogP contribution in [-0.2, 0) is 4.79 Å². The number of hydrogen-bond donors (Lipinski definition) is 2. The topological polar surface area (TPSA) is 55.1 Å². The molecular weight excluding hydrogens is 188 g/mol. The number of carbonyl (C=O) groups is 1. The third kappa shape index (κ3) is 2.97. The standard InChI is InChI=1S/C12H20N2O/c1-3-10(4-2)14-11(15)8-12(9-13)6-5-7-12/h1,10H,4-9,13H2,2H3,(H,14,15). The normalized spacial score (nSPS) is 19.8. The van der Waals surface area contributed by atoms with E-state index >= 15 is 0 Å². The summed E-state index contributed by atoms with van der Waals surface area (Å²) >= 11 is 0. The Morgan fingerprint density at radius 3 is 2.67 bits per heavy atom. The molecule has 1 aliphatic carbocycles. The second-order valence-electron chi connectivity index (χ2n) is 4.43. The van der Waals surface area contributed by atoms with Crippen LogP contribution in [0.15, 0.2) is 0 Å². The van der Waals surface area contributed by atoms with Crippen molar-refractivity contribution in [1.29, 1.82) is 0 Å². The van der Waals surface area contributed by atoms with E-state index < -0.39 is 0 Å². The molecule has 3 N–H and O–H groups in total. The highest BCUT2D eigenvalue weighted by atomic mass is 16.1. The first-order valence-corrected chi connectivity index (χ1v) is 5.61. The van der Waals surface area contributed by atoms with Gasteiger partial charge in [-0.3, -0.25) is 4.79 Å². The van der Waals surface area contributed by atoms with Crippen molar-refractivity contribution >= 4 is 5.91 Å². The van der Waals surface area contributed by atoms with Crippen LogP contribution in [0.3, 0.4) is 0 Å². The van der Waals surface area contributed by atoms with Crippen LogP contribution in [0.25, 0.3) is 0 Å². The van der Waals surface area contributed by atoms with Gasteiger partial charge >= 0.3 is 0 Å². The lowest BCUT2D eigenvalue weighted by Crippen LogP contribution is -2.43. The Bertz CT molecular complexity index is 258. The third-order valence-corrected chi connectivity index (χ3v) is 3.33. The van der Waals surface area contributed by atoms with Gasteiger partial charge in [0.1, 0.15) is 0 Å². The van der Waals surface area contributed by atoms with Crippen molar-refractivity contribution in [2.45, 2.75) is 45.1 Å². The molecule has 3 heteroatoms. The molecule has 0 aliphatic heterocycles. The van der Waals surface area contributed by atoms with Gasteiger partial charge in [0.2, 0.25) is 5.91 Å². The molecule has 1 amide bonds. The monoisotopic (exact) mass is 208 g/mol. The quantitative estimate of drug-likeness (QED) is 0.663. The zero-order valence-electron chi connectivity index (χ0n) is 9.38. The largest absolute Gasteiger partial charge is 0.342 e. The number of nitrogens with one attached hydrogen (secondary N) is 1. The fraction of sp³-hybridized carbons (Fsp3) is 0.750. The number of amides is 1. The maximum Gasteiger partial charge on any atom is 0.221 e. The molecule has 0 spiro atoms. The van der Waals surface area contributed by atoms with Gasteiger partial charge < -0.3 is 11.1 Å². The molecule has 15 heavy (non-hydrogen) atoms. The van der Waals surface area contributed by atoms with Gasteiger partial charge in [0.25, 0.3) is 0 Å². The molecule has 0 radical (unpaired) electrons. The zero-order valence-corrected chi connectivity index (χ0v) is 9.38. The van der Waals surface area contributed by atoms with Crippen molar-refractivity contribution in [3.63, 3.8) is 0 Å². The molecule has 0 saturated heterocycles. The highest BCUT2D eigenvalue weighted by molar-refractivity contribution is 5.77. The number of carbonyl (C=O) groups excluding carboxylic acids is 1. The molecule has 1 unspecified atom stereocenters. The molecule has 1 fully saturated rings. The van der Waals surface area contributed by atoms with Gasteiger partial charge in [0.05, 0.1) is 6.04 Å². The predicted octanol–water partition coefficient (Wildman–Crippen LogP) is 1.03. The van der Waals surface area contributed by atoms with Gasteiger partial charge in [-0.15, -0.1) is 6.42 Å². The summed E-state index contributed by atoms with van der Waals surface area (Å²) in [5, 5.41) is 2.84. The molecule has 0 heterocycles. The highest BCUT2D eigenvalue weighted by Gasteiger charge is 2.37. The van der Waals surface area contributed by atoms with Crippen LogP contribution in [-0.4, -0.2) is 18.5 Å². The van der Waals surface area contributed by atoms with Crippen LogP contribution in [0.5, 0.6) is 0 Å². The van der Waals surface area contributed by atoms with Crippen LogP contribution < -0.4 is 11.1 Å². The summed E-state index contributed by atoms with van der Waals surface area (Å²) in [5.74, 6) is 2.61. The molecule has 1 atom stereocenters. The second-order valence-corrected chi connectivity index (χ2v) is 4.43. The van der Waals surface area contributed by atoms with Crippen LogP contribution in [0.1, 0.15) is 39.0 Å². The maximum absolute atomic E-state index is 11.7. The number of nitrogens with two attached hydrogens (primary N) is 1. The van der Waals surface area contributed by atoms with Crippen molar-refractivity contribution in [1.82, 2.24) is 5.32 Å². The SMILES string of the molecule is C#CC(CC)NC(=O)CC1(CN)CCC1. The highest BCUT2D eigenvalue weighted by Crippen LogP contribution is 2.42. The van der Waals surface area contributed by atoms with E-state index in [-0.39, 0.29) is 17.4 Å². The van der Waals surface area contributed by atoms with E-state index in [0.29, 0.717) is 13.0 Å². The summed E-state index contributed by atoms with van der Waals surface area (Å²) in [6.45, 7) is 2.57. The summed E-state index contributed by atoms with van der Waals surface area (Å²) in [5.41, 5.74) is 5.76. The van der Waals surface area contributed by atoms with E-state index in [1.165, 1.54) is 6.42 Å². The van der Waals surface area contributed by atoms with E-state index in [9.17, 15) is 4.79 Å². The first-order chi connectivity index (χ1) is 7.15. The molecule has 0 aromatic carbocycles. The van der Waals surface area contributed by atoms with Crippen molar-refractivity contribution in [2.75, 3.05) is 6.54 Å². The fourth-order valence-electron chi connectivity index (χ4n) is 1.98. The van der Waals surface area contributed by atoms with E-state index in [2.05, 4.69) is 11.2 Å². The minimum Gasteiger partial charge on any atom is -0.342 e. The van der Waals surface area contributed by atoms with E-state index in [1.807, 2.05) is 6.92 Å². The van der Waals surface area contributed by atoms with Crippen molar-refractivity contribution in [3.05, 3.63) is 0 Å². The smallest absolute Gasteiger partial charge is 0.221 e. The molecule has 3 nitrogen and oxygen atoms in total. The first-order valence-electron chi connectivity index (χ1n) is 5.61. The zero-order chi connectivity index (χ0) is 11.3. The first kappa shape index (κ1) is 12.1. The third-order valence-electron chi connectivity index (χ3n) is 3.33. The Kier molecular flexibility index (Phi) is 4.16. The number of hydrogen-bond acceptors (Lipinski definition) is 2. The summed E-state index contributed by atoms with van der Waals surface area (Å²) in [6.07, 6.45) is 9.93. The van der Waals surface area contributed by atoms with Crippen LogP contribution in [0.2, 0.25) is 0 Å². The van der Waals surface area contributed by atoms with Gasteiger partial charge in [-0.1, -0.05) is 19.3 Å². The van der Waals surface area contributed by atoms with Gasteiger partial charge in [-0.2, -0.15) is 0 Å². The minimum absolute atomic E-state index is 0.0463. The Labute approximate surface area is 91.8 Å². The average molecular weight is 208 g/mol. The van der Waals surface area contributed by atoms with Crippen molar-refractivity contribution in [3.8, 4) is 12.3 Å². The Balaban J connectivity index is 2.38. The van der Waals surface area contributed by atoms with Gasteiger partial charge in [0.15, 0.2) is 0 Å². The summed E-state index contributed by atoms with van der Waals surface area (Å²) in [4.78, 5) is 11.7. The minimum atomic E-state index is -0.132. The van der Waals surface area contributed by atoms with E-state index in [1.54, 1.807) is 0 Å². The van der Waals surface area contributed by atoms with Crippen LogP contribution >= 0.6 is 0 Å². The fourth-order valence-corrected chi connectivity index (χ4v) is 1.98. The van der Waals surface area contributed by atoms with Gasteiger partial charge in [-0.05, 0) is 31.2 Å². The number of rotatable bonds is 5. The van der Waals surface area contributed by atoms with Crippen molar-refractivity contribution in [2.24, 2.45) is 11.1 Å². The van der Waals surface area contributed by atoms with Gasteiger partial charge in [-0.25, -0.2) is 0 Å². The predicted molar refractivity (Wildman–Crippen MR) is 61.0 cm³/mol. The van der Waals surface area contributed by atoms with E-state index in [0.717, 1.165) is 19.3 Å². The second kappa shape index (κ2) is 5.18. The molecule has 0 aromatic rings. The van der Waals surface area contributed by atoms with Crippen LogP contribution in [0.4, 0.5) is 0 Å². The summed E-state index contributed by atoms with van der Waals surface area (Å²) < 4.78 is 0. The number of terminal acetylenes is 1. The molecule has 1 saturated carbocycles. The summed E-state index contributed by atoms with van der Waals surface area (Å²) in [7, 11) is 0. The summed E-state index contributed by atoms with van der Waals surface area (Å²) in [6, 6.07) is -0.132. The lowest BCUT2D eigenvalue weighted by atomic mass is 9.66. The Morgan fingerprint density at radius 1 is 1.67 bits per heavy atom. The molecule has 1 aliphatic rings. The lowest BCUT2D eigenvalue weighted by Gasteiger charge is -2.40.